The van der Waals surface area contributed by atoms with Crippen LogP contribution in [-0.2, 0) is 6.54 Å². The molecule has 0 saturated carbocycles. The van der Waals surface area contributed by atoms with Gasteiger partial charge in [0.2, 0.25) is 0 Å². The van der Waals surface area contributed by atoms with Crippen LogP contribution in [0.2, 0.25) is 0 Å². The van der Waals surface area contributed by atoms with Crippen molar-refractivity contribution < 1.29 is 4.74 Å². The van der Waals surface area contributed by atoms with Gasteiger partial charge in [0.05, 0.1) is 18.7 Å². The number of benzene rings is 1. The molecule has 0 spiro atoms. The van der Waals surface area contributed by atoms with Gasteiger partial charge in [-0.15, -0.1) is 0 Å². The lowest BCUT2D eigenvalue weighted by Gasteiger charge is -2.38. The first-order valence-electron chi connectivity index (χ1n) is 7.22. The fraction of sp³-hybridized carbons (Fsp3) is 0.562. The van der Waals surface area contributed by atoms with Gasteiger partial charge in [0.1, 0.15) is 5.75 Å². The molecule has 1 aromatic rings. The summed E-state index contributed by atoms with van der Waals surface area (Å²) in [6, 6.07) is 8.36. The molecule has 0 bridgehead atoms. The van der Waals surface area contributed by atoms with E-state index in [-0.39, 0.29) is 6.04 Å². The molecule has 0 amide bonds. The number of rotatable bonds is 4. The van der Waals surface area contributed by atoms with Crippen molar-refractivity contribution in [2.75, 3.05) is 13.7 Å². The molecule has 1 aromatic carbocycles. The smallest absolute Gasteiger partial charge is 0.123 e. The minimum absolute atomic E-state index is 0.167. The van der Waals surface area contributed by atoms with Crippen LogP contribution in [0, 0.1) is 11.3 Å². The van der Waals surface area contributed by atoms with E-state index in [1.54, 1.807) is 13.2 Å². The van der Waals surface area contributed by atoms with E-state index < -0.39 is 0 Å². The number of nitrogens with two attached hydrogens (primary N) is 1. The third kappa shape index (κ3) is 3.30. The Balaban J connectivity index is 2.21. The molecule has 1 fully saturated rings. The minimum Gasteiger partial charge on any atom is -0.496 e. The zero-order valence-electron chi connectivity index (χ0n) is 12.3. The summed E-state index contributed by atoms with van der Waals surface area (Å²) < 4.78 is 5.41. The molecule has 2 atom stereocenters. The van der Waals surface area contributed by atoms with Gasteiger partial charge in [-0.1, -0.05) is 6.42 Å². The first-order valence-corrected chi connectivity index (χ1v) is 7.22. The van der Waals surface area contributed by atoms with Crippen LogP contribution in [0.25, 0.3) is 0 Å². The summed E-state index contributed by atoms with van der Waals surface area (Å²) in [6.45, 7) is 3.93. The summed E-state index contributed by atoms with van der Waals surface area (Å²) in [4.78, 5) is 2.42. The highest BCUT2D eigenvalue weighted by Crippen LogP contribution is 2.26. The molecule has 0 aliphatic carbocycles. The Hall–Kier alpha value is -1.57. The summed E-state index contributed by atoms with van der Waals surface area (Å²) in [7, 11) is 1.67. The Morgan fingerprint density at radius 2 is 2.30 bits per heavy atom. The average molecular weight is 273 g/mol. The fourth-order valence-corrected chi connectivity index (χ4v) is 3.00. The molecule has 0 radical (unpaired) electrons. The monoisotopic (exact) mass is 273 g/mol. The van der Waals surface area contributed by atoms with Crippen molar-refractivity contribution in [3.63, 3.8) is 0 Å². The normalized spacial score (nSPS) is 21.2. The standard InChI is InChI=1S/C16H23N3O/c1-12(18)15-5-3-4-8-19(15)11-14-9-13(10-17)6-7-16(14)20-2/h6-7,9,12,15H,3-5,8,11,18H2,1-2H3. The molecule has 2 unspecified atom stereocenters. The summed E-state index contributed by atoms with van der Waals surface area (Å²) in [5.74, 6) is 0.845. The minimum atomic E-state index is 0.167. The molecule has 0 aromatic heterocycles. The van der Waals surface area contributed by atoms with E-state index in [4.69, 9.17) is 15.7 Å². The van der Waals surface area contributed by atoms with Crippen LogP contribution >= 0.6 is 0 Å². The van der Waals surface area contributed by atoms with Crippen molar-refractivity contribution in [1.82, 2.24) is 4.90 Å². The molecule has 20 heavy (non-hydrogen) atoms. The number of nitriles is 1. The molecule has 4 nitrogen and oxygen atoms in total. The second kappa shape index (κ2) is 6.74. The van der Waals surface area contributed by atoms with Crippen LogP contribution in [0.5, 0.6) is 5.75 Å². The predicted octanol–water partition coefficient (Wildman–Crippen LogP) is 2.27. The van der Waals surface area contributed by atoms with E-state index in [0.29, 0.717) is 11.6 Å². The van der Waals surface area contributed by atoms with Gasteiger partial charge in [0, 0.05) is 24.2 Å². The molecule has 4 heteroatoms. The Morgan fingerprint density at radius 3 is 2.95 bits per heavy atom. The van der Waals surface area contributed by atoms with E-state index in [9.17, 15) is 0 Å². The number of likely N-dealkylation sites (tertiary alicyclic amines) is 1. The summed E-state index contributed by atoms with van der Waals surface area (Å²) in [5, 5.41) is 9.05. The summed E-state index contributed by atoms with van der Waals surface area (Å²) in [6.07, 6.45) is 3.61. The highest BCUT2D eigenvalue weighted by Gasteiger charge is 2.26. The number of hydrogen-bond acceptors (Lipinski definition) is 4. The van der Waals surface area contributed by atoms with Gasteiger partial charge in [0.15, 0.2) is 0 Å². The quantitative estimate of drug-likeness (QED) is 0.914. The Labute approximate surface area is 121 Å². The van der Waals surface area contributed by atoms with Crippen molar-refractivity contribution >= 4 is 0 Å². The third-order valence-electron chi connectivity index (χ3n) is 4.05. The average Bonchev–Trinajstić information content (AvgIpc) is 2.47. The van der Waals surface area contributed by atoms with Gasteiger partial charge in [0.25, 0.3) is 0 Å². The number of nitrogens with zero attached hydrogens (tertiary/aromatic N) is 2. The highest BCUT2D eigenvalue weighted by atomic mass is 16.5. The molecule has 108 valence electrons. The maximum absolute atomic E-state index is 9.05. The lowest BCUT2D eigenvalue weighted by atomic mass is 9.96. The van der Waals surface area contributed by atoms with Gasteiger partial charge >= 0.3 is 0 Å². The SMILES string of the molecule is COc1ccc(C#N)cc1CN1CCCCC1C(C)N. The van der Waals surface area contributed by atoms with Crippen LogP contribution in [0.15, 0.2) is 18.2 Å². The number of methoxy groups -OCH3 is 1. The van der Waals surface area contributed by atoms with Gasteiger partial charge in [-0.05, 0) is 44.5 Å². The van der Waals surface area contributed by atoms with Crippen molar-refractivity contribution in [1.29, 1.82) is 5.26 Å². The molecule has 1 heterocycles. The number of ether oxygens (including phenoxy) is 1. The molecule has 2 N–H and O–H groups in total. The Bertz CT molecular complexity index is 493. The molecular weight excluding hydrogens is 250 g/mol. The maximum atomic E-state index is 9.05. The van der Waals surface area contributed by atoms with Crippen LogP contribution in [0.1, 0.15) is 37.3 Å². The van der Waals surface area contributed by atoms with E-state index in [0.717, 1.165) is 30.8 Å². The second-order valence-corrected chi connectivity index (χ2v) is 5.53. The highest BCUT2D eigenvalue weighted by molar-refractivity contribution is 5.42. The lowest BCUT2D eigenvalue weighted by Crippen LogP contribution is -2.48. The van der Waals surface area contributed by atoms with E-state index >= 15 is 0 Å². The Morgan fingerprint density at radius 1 is 1.50 bits per heavy atom. The van der Waals surface area contributed by atoms with E-state index in [2.05, 4.69) is 17.9 Å². The number of hydrogen-bond donors (Lipinski definition) is 1. The van der Waals surface area contributed by atoms with Crippen molar-refractivity contribution in [3.05, 3.63) is 29.3 Å². The summed E-state index contributed by atoms with van der Waals surface area (Å²) in [5.41, 5.74) is 7.86. The summed E-state index contributed by atoms with van der Waals surface area (Å²) >= 11 is 0. The zero-order chi connectivity index (χ0) is 14.5. The second-order valence-electron chi connectivity index (χ2n) is 5.53. The molecule has 2 rings (SSSR count). The third-order valence-corrected chi connectivity index (χ3v) is 4.05. The lowest BCUT2D eigenvalue weighted by molar-refractivity contribution is 0.122. The fourth-order valence-electron chi connectivity index (χ4n) is 3.00. The first-order chi connectivity index (χ1) is 9.65. The first kappa shape index (κ1) is 14.8. The van der Waals surface area contributed by atoms with Crippen LogP contribution in [0.3, 0.4) is 0 Å². The number of piperidine rings is 1. The van der Waals surface area contributed by atoms with Crippen LogP contribution in [0.4, 0.5) is 0 Å². The van der Waals surface area contributed by atoms with E-state index in [1.165, 1.54) is 12.8 Å². The Kier molecular flexibility index (Phi) is 4.99. The zero-order valence-corrected chi connectivity index (χ0v) is 12.3. The van der Waals surface area contributed by atoms with Crippen LogP contribution < -0.4 is 10.5 Å². The maximum Gasteiger partial charge on any atom is 0.123 e. The van der Waals surface area contributed by atoms with Gasteiger partial charge in [-0.3, -0.25) is 4.90 Å². The van der Waals surface area contributed by atoms with Crippen LogP contribution in [-0.4, -0.2) is 30.6 Å². The van der Waals surface area contributed by atoms with Crippen molar-refractivity contribution in [3.8, 4) is 11.8 Å². The largest absolute Gasteiger partial charge is 0.496 e. The molecular formula is C16H23N3O. The molecule has 1 aliphatic rings. The van der Waals surface area contributed by atoms with Gasteiger partial charge in [-0.2, -0.15) is 5.26 Å². The van der Waals surface area contributed by atoms with Crippen molar-refractivity contribution in [2.45, 2.75) is 44.8 Å². The van der Waals surface area contributed by atoms with E-state index in [1.807, 2.05) is 12.1 Å². The molecule has 1 aliphatic heterocycles. The topological polar surface area (TPSA) is 62.3 Å². The van der Waals surface area contributed by atoms with Gasteiger partial charge < -0.3 is 10.5 Å². The van der Waals surface area contributed by atoms with Gasteiger partial charge in [-0.25, -0.2) is 0 Å². The molecule has 1 saturated heterocycles. The van der Waals surface area contributed by atoms with Crippen molar-refractivity contribution in [2.24, 2.45) is 5.73 Å². The predicted molar refractivity (Wildman–Crippen MR) is 79.4 cm³/mol.